The molecule has 0 unspecified atom stereocenters. The van der Waals surface area contributed by atoms with Crippen LogP contribution in [-0.4, -0.2) is 32.4 Å². The fourth-order valence-corrected chi connectivity index (χ4v) is 2.62. The van der Waals surface area contributed by atoms with Crippen LogP contribution in [0.4, 0.5) is 0 Å². The Kier molecular flexibility index (Phi) is 6.07. The highest BCUT2D eigenvalue weighted by atomic mass is 16.5. The largest absolute Gasteiger partial charge is 0.508 e. The molecule has 3 aromatic rings. The number of ether oxygens (including phenoxy) is 2. The molecule has 0 aliphatic rings. The van der Waals surface area contributed by atoms with Gasteiger partial charge in [-0.05, 0) is 35.4 Å². The number of phenolic OH excluding ortho intramolecular Hbond substituents is 4. The number of phenols is 4. The number of benzene rings is 3. The molecule has 0 fully saturated rings. The summed E-state index contributed by atoms with van der Waals surface area (Å²) in [5, 5.41) is 37.7. The Morgan fingerprint density at radius 3 is 1.17 bits per heavy atom. The Bertz CT molecular complexity index is 946. The van der Waals surface area contributed by atoms with Crippen molar-refractivity contribution in [2.45, 2.75) is 13.2 Å². The average Bonchev–Trinajstić information content (AvgIpc) is 2.69. The van der Waals surface area contributed by atoms with E-state index in [1.54, 1.807) is 24.3 Å². The standard InChI is InChI=1S/C22H18O8/c23-17-5-15(6-18(24)9-17)21(27)29-11-13-1-2-14(4-3-13)12-30-22(28)16-7-19(25)10-20(26)8-16/h1-10,23-26H,11-12H2. The minimum absolute atomic E-state index is 0.0222. The molecule has 8 nitrogen and oxygen atoms in total. The van der Waals surface area contributed by atoms with Gasteiger partial charge in [0.05, 0.1) is 11.1 Å². The lowest BCUT2D eigenvalue weighted by atomic mass is 10.1. The SMILES string of the molecule is O=C(OCc1ccc(COC(=O)c2cc(O)cc(O)c2)cc1)c1cc(O)cc(O)c1. The second-order valence-corrected chi connectivity index (χ2v) is 6.44. The van der Waals surface area contributed by atoms with Crippen molar-refractivity contribution in [2.75, 3.05) is 0 Å². The van der Waals surface area contributed by atoms with Crippen LogP contribution >= 0.6 is 0 Å². The van der Waals surface area contributed by atoms with E-state index in [-0.39, 0.29) is 47.3 Å². The number of rotatable bonds is 6. The van der Waals surface area contributed by atoms with Gasteiger partial charge in [-0.1, -0.05) is 24.3 Å². The van der Waals surface area contributed by atoms with Gasteiger partial charge in [-0.3, -0.25) is 0 Å². The zero-order valence-corrected chi connectivity index (χ0v) is 15.6. The summed E-state index contributed by atoms with van der Waals surface area (Å²) in [4.78, 5) is 24.0. The lowest BCUT2D eigenvalue weighted by Gasteiger charge is -2.08. The van der Waals surface area contributed by atoms with Crippen molar-refractivity contribution in [1.29, 1.82) is 0 Å². The van der Waals surface area contributed by atoms with E-state index in [9.17, 15) is 30.0 Å². The van der Waals surface area contributed by atoms with Gasteiger partial charge >= 0.3 is 11.9 Å². The highest BCUT2D eigenvalue weighted by Gasteiger charge is 2.12. The van der Waals surface area contributed by atoms with E-state index in [0.717, 1.165) is 12.1 Å². The van der Waals surface area contributed by atoms with Crippen LogP contribution in [0.25, 0.3) is 0 Å². The predicted octanol–water partition coefficient (Wildman–Crippen LogP) is 3.22. The Morgan fingerprint density at radius 1 is 0.567 bits per heavy atom. The molecule has 4 N–H and O–H groups in total. The van der Waals surface area contributed by atoms with Crippen molar-refractivity contribution >= 4 is 11.9 Å². The maximum atomic E-state index is 12.0. The van der Waals surface area contributed by atoms with Crippen LogP contribution in [0, 0.1) is 0 Å². The molecule has 8 heteroatoms. The average molecular weight is 410 g/mol. The fraction of sp³-hybridized carbons (Fsp3) is 0.0909. The molecular weight excluding hydrogens is 392 g/mol. The Balaban J connectivity index is 1.53. The first-order chi connectivity index (χ1) is 14.3. The molecule has 0 bridgehead atoms. The molecule has 0 atom stereocenters. The zero-order chi connectivity index (χ0) is 21.7. The van der Waals surface area contributed by atoms with Crippen molar-refractivity contribution in [2.24, 2.45) is 0 Å². The van der Waals surface area contributed by atoms with E-state index in [4.69, 9.17) is 9.47 Å². The molecule has 3 aromatic carbocycles. The quantitative estimate of drug-likeness (QED) is 0.455. The van der Waals surface area contributed by atoms with Gasteiger partial charge in [0.2, 0.25) is 0 Å². The lowest BCUT2D eigenvalue weighted by molar-refractivity contribution is 0.0459. The Morgan fingerprint density at radius 2 is 0.867 bits per heavy atom. The van der Waals surface area contributed by atoms with Gasteiger partial charge < -0.3 is 29.9 Å². The molecular formula is C22H18O8. The van der Waals surface area contributed by atoms with E-state index in [0.29, 0.717) is 11.1 Å². The first kappa shape index (κ1) is 20.5. The van der Waals surface area contributed by atoms with E-state index in [1.807, 2.05) is 0 Å². The molecule has 0 aromatic heterocycles. The maximum Gasteiger partial charge on any atom is 0.338 e. The van der Waals surface area contributed by atoms with Gasteiger partial charge in [0.1, 0.15) is 36.2 Å². The number of aromatic hydroxyl groups is 4. The van der Waals surface area contributed by atoms with E-state index >= 15 is 0 Å². The third-order valence-electron chi connectivity index (χ3n) is 4.04. The van der Waals surface area contributed by atoms with Crippen molar-refractivity contribution in [3.63, 3.8) is 0 Å². The molecule has 0 aliphatic carbocycles. The minimum Gasteiger partial charge on any atom is -0.508 e. The van der Waals surface area contributed by atoms with Crippen LogP contribution in [0.2, 0.25) is 0 Å². The maximum absolute atomic E-state index is 12.0. The number of hydrogen-bond acceptors (Lipinski definition) is 8. The van der Waals surface area contributed by atoms with Crippen molar-refractivity contribution in [1.82, 2.24) is 0 Å². The molecule has 3 rings (SSSR count). The lowest BCUT2D eigenvalue weighted by Crippen LogP contribution is -2.06. The number of carbonyl (C=O) groups is 2. The fourth-order valence-electron chi connectivity index (χ4n) is 2.62. The smallest absolute Gasteiger partial charge is 0.338 e. The summed E-state index contributed by atoms with van der Waals surface area (Å²) in [5.74, 6) is -2.39. The summed E-state index contributed by atoms with van der Waals surface area (Å²) in [7, 11) is 0. The molecule has 0 aliphatic heterocycles. The van der Waals surface area contributed by atoms with Crippen LogP contribution in [-0.2, 0) is 22.7 Å². The highest BCUT2D eigenvalue weighted by molar-refractivity contribution is 5.91. The van der Waals surface area contributed by atoms with Gasteiger partial charge in [0.15, 0.2) is 0 Å². The number of carbonyl (C=O) groups excluding carboxylic acids is 2. The van der Waals surface area contributed by atoms with Gasteiger partial charge in [-0.25, -0.2) is 9.59 Å². The van der Waals surface area contributed by atoms with Crippen LogP contribution in [0.15, 0.2) is 60.7 Å². The summed E-state index contributed by atoms with van der Waals surface area (Å²) in [6, 6.07) is 13.7. The van der Waals surface area contributed by atoms with E-state index < -0.39 is 11.9 Å². The molecule has 0 saturated heterocycles. The predicted molar refractivity (Wildman–Crippen MR) is 104 cm³/mol. The van der Waals surface area contributed by atoms with Crippen LogP contribution in [0.3, 0.4) is 0 Å². The topological polar surface area (TPSA) is 134 Å². The zero-order valence-electron chi connectivity index (χ0n) is 15.6. The van der Waals surface area contributed by atoms with Gasteiger partial charge in [0.25, 0.3) is 0 Å². The molecule has 30 heavy (non-hydrogen) atoms. The number of esters is 2. The van der Waals surface area contributed by atoms with Crippen molar-refractivity contribution < 1.29 is 39.5 Å². The van der Waals surface area contributed by atoms with Gasteiger partial charge in [-0.15, -0.1) is 0 Å². The van der Waals surface area contributed by atoms with Crippen LogP contribution < -0.4 is 0 Å². The summed E-state index contributed by atoms with van der Waals surface area (Å²) in [6.45, 7) is -0.0597. The summed E-state index contributed by atoms with van der Waals surface area (Å²) in [5.41, 5.74) is 1.41. The molecule has 0 heterocycles. The monoisotopic (exact) mass is 410 g/mol. The minimum atomic E-state index is -0.700. The van der Waals surface area contributed by atoms with E-state index in [1.165, 1.54) is 24.3 Å². The molecule has 0 spiro atoms. The summed E-state index contributed by atoms with van der Waals surface area (Å²) >= 11 is 0. The van der Waals surface area contributed by atoms with Crippen LogP contribution in [0.1, 0.15) is 31.8 Å². The highest BCUT2D eigenvalue weighted by Crippen LogP contribution is 2.22. The van der Waals surface area contributed by atoms with Crippen molar-refractivity contribution in [3.05, 3.63) is 82.9 Å². The van der Waals surface area contributed by atoms with E-state index in [2.05, 4.69) is 0 Å². The first-order valence-electron chi connectivity index (χ1n) is 8.78. The summed E-state index contributed by atoms with van der Waals surface area (Å²) < 4.78 is 10.3. The van der Waals surface area contributed by atoms with Crippen LogP contribution in [0.5, 0.6) is 23.0 Å². The second-order valence-electron chi connectivity index (χ2n) is 6.44. The third-order valence-corrected chi connectivity index (χ3v) is 4.04. The molecule has 0 radical (unpaired) electrons. The van der Waals surface area contributed by atoms with Gasteiger partial charge in [-0.2, -0.15) is 0 Å². The Hall–Kier alpha value is -4.20. The van der Waals surface area contributed by atoms with Crippen molar-refractivity contribution in [3.8, 4) is 23.0 Å². The molecule has 0 saturated carbocycles. The first-order valence-corrected chi connectivity index (χ1v) is 8.78. The third kappa shape index (κ3) is 5.41. The molecule has 154 valence electrons. The Labute approximate surface area is 171 Å². The summed E-state index contributed by atoms with van der Waals surface area (Å²) in [6.07, 6.45) is 0. The molecule has 0 amide bonds. The normalized spacial score (nSPS) is 10.4. The number of hydrogen-bond donors (Lipinski definition) is 4. The van der Waals surface area contributed by atoms with Gasteiger partial charge in [0, 0.05) is 12.1 Å². The second kappa shape index (κ2) is 8.87.